The molecule has 13 heteroatoms. The maximum absolute atomic E-state index is 15.8. The Morgan fingerprint density at radius 1 is 1.25 bits per heavy atom. The number of nitrogens with zero attached hydrogens (tertiary/aromatic N) is 2. The van der Waals surface area contributed by atoms with Gasteiger partial charge in [-0.1, -0.05) is 23.4 Å². The van der Waals surface area contributed by atoms with Gasteiger partial charge < -0.3 is 9.72 Å². The van der Waals surface area contributed by atoms with E-state index in [0.29, 0.717) is 17.4 Å². The smallest absolute Gasteiger partial charge is 0.412 e. The van der Waals surface area contributed by atoms with E-state index in [1.807, 2.05) is 6.07 Å². The van der Waals surface area contributed by atoms with E-state index in [1.165, 1.54) is 0 Å². The number of aromatic amines is 1. The van der Waals surface area contributed by atoms with E-state index in [2.05, 4.69) is 15.3 Å². The van der Waals surface area contributed by atoms with Gasteiger partial charge in [-0.2, -0.15) is 5.26 Å². The lowest BCUT2D eigenvalue weighted by atomic mass is 9.96. The largest absolute Gasteiger partial charge is 0.444 e. The highest BCUT2D eigenvalue weighted by Crippen LogP contribution is 2.46. The number of thiophene rings is 1. The number of hydrogen-bond acceptors (Lipinski definition) is 7. The summed E-state index contributed by atoms with van der Waals surface area (Å²) in [4.78, 5) is 31.2. The molecule has 1 amide bonds. The topological polar surface area (TPSA) is 108 Å². The third-order valence-electron chi connectivity index (χ3n) is 4.91. The van der Waals surface area contributed by atoms with E-state index < -0.39 is 45.8 Å². The zero-order chi connectivity index (χ0) is 26.5. The van der Waals surface area contributed by atoms with Crippen molar-refractivity contribution < 1.29 is 22.7 Å². The highest BCUT2D eigenvalue weighted by Gasteiger charge is 2.29. The summed E-state index contributed by atoms with van der Waals surface area (Å²) >= 11 is 8.02. The molecular weight excluding hydrogens is 537 g/mol. The van der Waals surface area contributed by atoms with Gasteiger partial charge in [0.25, 0.3) is 5.56 Å². The van der Waals surface area contributed by atoms with E-state index in [1.54, 1.807) is 27.0 Å². The molecule has 0 unspecified atom stereocenters. The van der Waals surface area contributed by atoms with Crippen molar-refractivity contribution in [2.45, 2.75) is 31.5 Å². The highest BCUT2D eigenvalue weighted by molar-refractivity contribution is 7.98. The van der Waals surface area contributed by atoms with Crippen LogP contribution >= 0.6 is 34.7 Å². The van der Waals surface area contributed by atoms with Crippen LogP contribution in [0.2, 0.25) is 5.02 Å². The molecule has 2 heterocycles. The summed E-state index contributed by atoms with van der Waals surface area (Å²) in [6.45, 7) is 4.88. The molecule has 0 saturated heterocycles. The highest BCUT2D eigenvalue weighted by atomic mass is 35.5. The van der Waals surface area contributed by atoms with Crippen molar-refractivity contribution in [2.75, 3.05) is 11.6 Å². The number of carbonyl (C=O) groups excluding carboxylic acids is 1. The lowest BCUT2D eigenvalue weighted by molar-refractivity contribution is 0.0636. The first kappa shape index (κ1) is 25.8. The Labute approximate surface area is 215 Å². The SMILES string of the molecule is CSc1nc2c(F)c(-c3c(F)cc(F)c4sc(NC(=O)OC(C)(C)C)c(C#N)c34)c(Cl)cc2c(=O)[nH]1. The Morgan fingerprint density at radius 2 is 1.94 bits per heavy atom. The Morgan fingerprint density at radius 3 is 2.56 bits per heavy atom. The van der Waals surface area contributed by atoms with Gasteiger partial charge in [0.1, 0.15) is 33.8 Å². The van der Waals surface area contributed by atoms with Gasteiger partial charge in [-0.25, -0.2) is 22.9 Å². The minimum absolute atomic E-state index is 0.112. The van der Waals surface area contributed by atoms with Crippen LogP contribution in [-0.4, -0.2) is 27.9 Å². The molecule has 4 rings (SSSR count). The number of amides is 1. The maximum atomic E-state index is 15.8. The standard InChI is InChI=1S/C23H16ClF3N4O3S2/c1-23(2,3)34-22(33)31-20-9(7-28)13-15(11(25)6-12(26)18(13)36-20)14-10(24)5-8-17(16(14)27)29-21(35-4)30-19(8)32/h5-6H,1-4H3,(H,31,33)(H,29,30,32). The lowest BCUT2D eigenvalue weighted by Crippen LogP contribution is -2.27. The van der Waals surface area contributed by atoms with Gasteiger partial charge in [-0.05, 0) is 33.1 Å². The van der Waals surface area contributed by atoms with Crippen molar-refractivity contribution in [1.29, 1.82) is 5.26 Å². The first-order valence-electron chi connectivity index (χ1n) is 10.2. The molecule has 0 radical (unpaired) electrons. The second-order valence-corrected chi connectivity index (χ2v) is 10.7. The normalized spacial score (nSPS) is 11.6. The van der Waals surface area contributed by atoms with Crippen LogP contribution in [-0.2, 0) is 4.74 Å². The zero-order valence-corrected chi connectivity index (χ0v) is 21.5. The molecule has 0 bridgehead atoms. The number of nitriles is 1. The average molecular weight is 553 g/mol. The summed E-state index contributed by atoms with van der Waals surface area (Å²) in [6.07, 6.45) is 0.696. The van der Waals surface area contributed by atoms with Gasteiger partial charge in [0.2, 0.25) is 0 Å². The van der Waals surface area contributed by atoms with Crippen LogP contribution in [0.1, 0.15) is 26.3 Å². The summed E-state index contributed by atoms with van der Waals surface area (Å²) in [7, 11) is 0. The van der Waals surface area contributed by atoms with Crippen molar-refractivity contribution in [2.24, 2.45) is 0 Å². The van der Waals surface area contributed by atoms with Gasteiger partial charge in [0.15, 0.2) is 11.0 Å². The lowest BCUT2D eigenvalue weighted by Gasteiger charge is -2.19. The van der Waals surface area contributed by atoms with Gasteiger partial charge in [-0.15, -0.1) is 11.3 Å². The van der Waals surface area contributed by atoms with Crippen LogP contribution in [0.15, 0.2) is 22.1 Å². The van der Waals surface area contributed by atoms with Crippen LogP contribution < -0.4 is 10.9 Å². The predicted octanol–water partition coefficient (Wildman–Crippen LogP) is 6.82. The summed E-state index contributed by atoms with van der Waals surface area (Å²) in [6, 6.07) is 3.48. The summed E-state index contributed by atoms with van der Waals surface area (Å²) in [5, 5.41) is 11.4. The predicted molar refractivity (Wildman–Crippen MR) is 134 cm³/mol. The Kier molecular flexibility index (Phi) is 6.68. The van der Waals surface area contributed by atoms with Crippen molar-refractivity contribution in [1.82, 2.24) is 9.97 Å². The van der Waals surface area contributed by atoms with Crippen LogP contribution in [0.25, 0.3) is 32.1 Å². The molecular formula is C23H16ClF3N4O3S2. The number of carbonyl (C=O) groups is 1. The minimum atomic E-state index is -1.20. The van der Waals surface area contributed by atoms with Gasteiger partial charge in [0.05, 0.1) is 20.7 Å². The molecule has 0 aliphatic rings. The van der Waals surface area contributed by atoms with E-state index in [-0.39, 0.29) is 41.7 Å². The quantitative estimate of drug-likeness (QED) is 0.213. The van der Waals surface area contributed by atoms with Crippen molar-refractivity contribution in [3.8, 4) is 17.2 Å². The maximum Gasteiger partial charge on any atom is 0.412 e. The number of ether oxygens (including phenoxy) is 1. The third kappa shape index (κ3) is 4.50. The van der Waals surface area contributed by atoms with Crippen LogP contribution in [0, 0.1) is 28.8 Å². The second-order valence-electron chi connectivity index (χ2n) is 8.48. The summed E-state index contributed by atoms with van der Waals surface area (Å²) in [5.74, 6) is -3.35. The van der Waals surface area contributed by atoms with Crippen LogP contribution in [0.5, 0.6) is 0 Å². The molecule has 0 spiro atoms. The van der Waals surface area contributed by atoms with Gasteiger partial charge in [-0.3, -0.25) is 10.1 Å². The van der Waals surface area contributed by atoms with E-state index in [9.17, 15) is 19.2 Å². The molecule has 2 N–H and O–H groups in total. The van der Waals surface area contributed by atoms with Crippen molar-refractivity contribution >= 4 is 66.8 Å². The molecule has 0 saturated carbocycles. The molecule has 4 aromatic rings. The number of halogens is 4. The zero-order valence-electron chi connectivity index (χ0n) is 19.1. The third-order valence-corrected chi connectivity index (χ3v) is 6.90. The molecule has 0 fully saturated rings. The fraction of sp³-hybridized carbons (Fsp3) is 0.217. The first-order chi connectivity index (χ1) is 16.9. The summed E-state index contributed by atoms with van der Waals surface area (Å²) in [5.41, 5.74) is -3.21. The average Bonchev–Trinajstić information content (AvgIpc) is 3.13. The molecule has 0 aliphatic heterocycles. The van der Waals surface area contributed by atoms with Gasteiger partial charge in [0, 0.05) is 22.6 Å². The van der Waals surface area contributed by atoms with Crippen LogP contribution in [0.4, 0.5) is 23.0 Å². The minimum Gasteiger partial charge on any atom is -0.444 e. The number of rotatable bonds is 3. The second kappa shape index (κ2) is 9.31. The number of hydrogen-bond donors (Lipinski definition) is 2. The number of fused-ring (bicyclic) bond motifs is 2. The molecule has 0 aliphatic carbocycles. The number of benzene rings is 2. The fourth-order valence-corrected chi connectivity index (χ4v) is 5.27. The number of aromatic nitrogens is 2. The van der Waals surface area contributed by atoms with E-state index in [4.69, 9.17) is 16.3 Å². The first-order valence-corrected chi connectivity index (χ1v) is 12.6. The van der Waals surface area contributed by atoms with Crippen molar-refractivity contribution in [3.63, 3.8) is 0 Å². The summed E-state index contributed by atoms with van der Waals surface area (Å²) < 4.78 is 50.9. The molecule has 2 aromatic carbocycles. The van der Waals surface area contributed by atoms with Crippen LogP contribution in [0.3, 0.4) is 0 Å². The molecule has 0 atom stereocenters. The number of nitrogens with one attached hydrogen (secondary N) is 2. The number of anilines is 1. The van der Waals surface area contributed by atoms with E-state index in [0.717, 1.165) is 17.8 Å². The Hall–Kier alpha value is -3.27. The molecule has 186 valence electrons. The van der Waals surface area contributed by atoms with E-state index >= 15 is 8.78 Å². The van der Waals surface area contributed by atoms with Crippen molar-refractivity contribution in [3.05, 3.63) is 50.5 Å². The fourth-order valence-electron chi connectivity index (χ4n) is 3.55. The Balaban J connectivity index is 2.05. The monoisotopic (exact) mass is 552 g/mol. The molecule has 7 nitrogen and oxygen atoms in total. The number of H-pyrrole nitrogens is 1. The Bertz CT molecular complexity index is 1670. The van der Waals surface area contributed by atoms with Gasteiger partial charge >= 0.3 is 6.09 Å². The molecule has 2 aromatic heterocycles. The number of thioether (sulfide) groups is 1. The molecule has 36 heavy (non-hydrogen) atoms.